The van der Waals surface area contributed by atoms with Crippen LogP contribution in [0, 0.1) is 6.92 Å². The van der Waals surface area contributed by atoms with Gasteiger partial charge in [-0.2, -0.15) is 0 Å². The summed E-state index contributed by atoms with van der Waals surface area (Å²) in [5.41, 5.74) is 1.18. The maximum Gasteiger partial charge on any atom is 0.266 e. The number of hydrogen-bond donors (Lipinski definition) is 0. The van der Waals surface area contributed by atoms with Crippen LogP contribution < -0.4 is 0 Å². The van der Waals surface area contributed by atoms with Crippen molar-refractivity contribution in [2.45, 2.75) is 6.92 Å². The molecule has 1 aliphatic rings. The van der Waals surface area contributed by atoms with Crippen molar-refractivity contribution in [1.29, 1.82) is 0 Å². The van der Waals surface area contributed by atoms with Crippen molar-refractivity contribution in [2.24, 2.45) is 0 Å². The highest BCUT2D eigenvalue weighted by Gasteiger charge is 2.31. The van der Waals surface area contributed by atoms with E-state index in [1.54, 1.807) is 22.3 Å². The van der Waals surface area contributed by atoms with Crippen molar-refractivity contribution in [2.75, 3.05) is 6.54 Å². The first-order chi connectivity index (χ1) is 8.13. The second kappa shape index (κ2) is 5.16. The second-order valence-corrected chi connectivity index (χ2v) is 6.17. The molecule has 0 saturated carbocycles. The molecular formula is C12H11NOS3. The van der Waals surface area contributed by atoms with Crippen molar-refractivity contribution in [1.82, 2.24) is 4.90 Å². The van der Waals surface area contributed by atoms with Crippen LogP contribution >= 0.6 is 35.3 Å². The van der Waals surface area contributed by atoms with E-state index < -0.39 is 0 Å². The van der Waals surface area contributed by atoms with Gasteiger partial charge < -0.3 is 0 Å². The van der Waals surface area contributed by atoms with E-state index in [1.807, 2.05) is 24.4 Å². The molecule has 1 aromatic rings. The number of nitrogens with zero attached hydrogens (tertiary/aromatic N) is 1. The van der Waals surface area contributed by atoms with Gasteiger partial charge in [-0.1, -0.05) is 30.1 Å². The summed E-state index contributed by atoms with van der Waals surface area (Å²) < 4.78 is 0.607. The predicted octanol–water partition coefficient (Wildman–Crippen LogP) is 3.44. The van der Waals surface area contributed by atoms with E-state index in [9.17, 15) is 4.79 Å². The van der Waals surface area contributed by atoms with Crippen LogP contribution in [-0.4, -0.2) is 21.7 Å². The van der Waals surface area contributed by atoms with E-state index in [4.69, 9.17) is 12.2 Å². The molecule has 0 bridgehead atoms. The van der Waals surface area contributed by atoms with Gasteiger partial charge in [-0.05, 0) is 30.0 Å². The summed E-state index contributed by atoms with van der Waals surface area (Å²) in [6, 6.07) is 2.04. The zero-order valence-electron chi connectivity index (χ0n) is 9.30. The Kier molecular flexibility index (Phi) is 3.81. The Morgan fingerprint density at radius 2 is 2.35 bits per heavy atom. The number of carbonyl (C=O) groups excluding carboxylic acids is 1. The number of thioether (sulfide) groups is 1. The summed E-state index contributed by atoms with van der Waals surface area (Å²) >= 11 is 8.16. The third-order valence-electron chi connectivity index (χ3n) is 2.35. The Hall–Kier alpha value is -0.910. The van der Waals surface area contributed by atoms with E-state index in [0.29, 0.717) is 15.8 Å². The minimum atomic E-state index is -0.0206. The van der Waals surface area contributed by atoms with Crippen molar-refractivity contribution in [3.05, 3.63) is 39.4 Å². The summed E-state index contributed by atoms with van der Waals surface area (Å²) in [6.07, 6.45) is 3.60. The standard InChI is InChI=1S/C12H11NOS3/c1-3-5-13-11(14)10(17-12(13)15)7-9-8(2)4-6-16-9/h3-4,6-7H,1,5H2,2H3/b10-7-. The summed E-state index contributed by atoms with van der Waals surface area (Å²) in [6.45, 7) is 6.14. The molecule has 0 unspecified atom stereocenters. The molecular weight excluding hydrogens is 270 g/mol. The van der Waals surface area contributed by atoms with Crippen molar-refractivity contribution >= 4 is 51.6 Å². The molecule has 1 aromatic heterocycles. The monoisotopic (exact) mass is 281 g/mol. The Bertz CT molecular complexity index is 516. The van der Waals surface area contributed by atoms with Crippen LogP contribution in [0.3, 0.4) is 0 Å². The van der Waals surface area contributed by atoms with Gasteiger partial charge in [0.15, 0.2) is 0 Å². The van der Waals surface area contributed by atoms with Crippen molar-refractivity contribution in [3.8, 4) is 0 Å². The van der Waals surface area contributed by atoms with Crippen LogP contribution in [0.15, 0.2) is 29.0 Å². The number of aryl methyl sites for hydroxylation is 1. The largest absolute Gasteiger partial charge is 0.289 e. The average Bonchev–Trinajstić information content (AvgIpc) is 2.79. The van der Waals surface area contributed by atoms with Gasteiger partial charge in [0.25, 0.3) is 5.91 Å². The second-order valence-electron chi connectivity index (χ2n) is 3.55. The van der Waals surface area contributed by atoms with E-state index >= 15 is 0 Å². The zero-order valence-corrected chi connectivity index (χ0v) is 11.8. The predicted molar refractivity (Wildman–Crippen MR) is 79.1 cm³/mol. The molecule has 1 amide bonds. The Morgan fingerprint density at radius 3 is 2.94 bits per heavy atom. The molecule has 0 aliphatic carbocycles. The lowest BCUT2D eigenvalue weighted by atomic mass is 10.2. The lowest BCUT2D eigenvalue weighted by Gasteiger charge is -2.10. The minimum absolute atomic E-state index is 0.0206. The molecule has 17 heavy (non-hydrogen) atoms. The fourth-order valence-corrected chi connectivity index (χ4v) is 3.63. The molecule has 2 nitrogen and oxygen atoms in total. The smallest absolute Gasteiger partial charge is 0.266 e. The number of carbonyl (C=O) groups is 1. The van der Waals surface area contributed by atoms with Crippen LogP contribution in [-0.2, 0) is 4.79 Å². The van der Waals surface area contributed by atoms with Gasteiger partial charge in [0.05, 0.1) is 4.91 Å². The molecule has 2 heterocycles. The third kappa shape index (κ3) is 2.51. The summed E-state index contributed by atoms with van der Waals surface area (Å²) in [7, 11) is 0. The quantitative estimate of drug-likeness (QED) is 0.481. The fourth-order valence-electron chi connectivity index (χ4n) is 1.44. The molecule has 88 valence electrons. The molecule has 5 heteroatoms. The number of thiophene rings is 1. The molecule has 0 radical (unpaired) electrons. The fraction of sp³-hybridized carbons (Fsp3) is 0.167. The van der Waals surface area contributed by atoms with Crippen molar-refractivity contribution in [3.63, 3.8) is 0 Å². The highest BCUT2D eigenvalue weighted by atomic mass is 32.2. The number of amides is 1. The Balaban J connectivity index is 2.28. The average molecular weight is 281 g/mol. The molecule has 0 aromatic carbocycles. The maximum absolute atomic E-state index is 12.0. The summed E-state index contributed by atoms with van der Waals surface area (Å²) in [5, 5.41) is 2.02. The van der Waals surface area contributed by atoms with E-state index in [1.165, 1.54) is 17.3 Å². The van der Waals surface area contributed by atoms with Crippen molar-refractivity contribution < 1.29 is 4.79 Å². The molecule has 0 atom stereocenters. The topological polar surface area (TPSA) is 20.3 Å². The Labute approximate surface area is 114 Å². The van der Waals surface area contributed by atoms with Gasteiger partial charge in [-0.3, -0.25) is 9.69 Å². The number of thiocarbonyl (C=S) groups is 1. The van der Waals surface area contributed by atoms with E-state index in [2.05, 4.69) is 6.58 Å². The lowest BCUT2D eigenvalue weighted by molar-refractivity contribution is -0.121. The maximum atomic E-state index is 12.0. The van der Waals surface area contributed by atoms with Crippen LogP contribution in [0.25, 0.3) is 6.08 Å². The van der Waals surface area contributed by atoms with E-state index in [0.717, 1.165) is 4.88 Å². The van der Waals surface area contributed by atoms with Crippen LogP contribution in [0.5, 0.6) is 0 Å². The van der Waals surface area contributed by atoms with Gasteiger partial charge in [-0.15, -0.1) is 17.9 Å². The van der Waals surface area contributed by atoms with Crippen LogP contribution in [0.1, 0.15) is 10.4 Å². The van der Waals surface area contributed by atoms with E-state index in [-0.39, 0.29) is 5.91 Å². The first-order valence-corrected chi connectivity index (χ1v) is 7.14. The zero-order chi connectivity index (χ0) is 12.4. The Morgan fingerprint density at radius 1 is 1.59 bits per heavy atom. The third-order valence-corrected chi connectivity index (χ3v) is 4.69. The van der Waals surface area contributed by atoms with Gasteiger partial charge in [0.2, 0.25) is 0 Å². The molecule has 0 N–H and O–H groups in total. The van der Waals surface area contributed by atoms with Gasteiger partial charge in [0.1, 0.15) is 4.32 Å². The summed E-state index contributed by atoms with van der Waals surface area (Å²) in [5.74, 6) is -0.0206. The number of rotatable bonds is 3. The molecule has 1 fully saturated rings. The van der Waals surface area contributed by atoms with Gasteiger partial charge in [0, 0.05) is 11.4 Å². The lowest BCUT2D eigenvalue weighted by Crippen LogP contribution is -2.27. The first kappa shape index (κ1) is 12.5. The molecule has 1 aliphatic heterocycles. The van der Waals surface area contributed by atoms with Gasteiger partial charge in [-0.25, -0.2) is 0 Å². The number of hydrogen-bond acceptors (Lipinski definition) is 4. The van der Waals surface area contributed by atoms with Gasteiger partial charge >= 0.3 is 0 Å². The first-order valence-electron chi connectivity index (χ1n) is 5.04. The molecule has 1 saturated heterocycles. The normalized spacial score (nSPS) is 18.2. The SMILES string of the molecule is C=CCN1C(=O)/C(=C/c2sccc2C)SC1=S. The van der Waals surface area contributed by atoms with Crippen LogP contribution in [0.4, 0.5) is 0 Å². The minimum Gasteiger partial charge on any atom is -0.289 e. The molecule has 2 rings (SSSR count). The highest BCUT2D eigenvalue weighted by molar-refractivity contribution is 8.26. The van der Waals surface area contributed by atoms with Crippen LogP contribution in [0.2, 0.25) is 0 Å². The molecule has 0 spiro atoms. The highest BCUT2D eigenvalue weighted by Crippen LogP contribution is 2.33. The summed E-state index contributed by atoms with van der Waals surface area (Å²) in [4.78, 5) is 15.4.